The Balaban J connectivity index is 1.51. The van der Waals surface area contributed by atoms with Gasteiger partial charge < -0.3 is 5.32 Å². The third-order valence-corrected chi connectivity index (χ3v) is 5.32. The fourth-order valence-electron chi connectivity index (χ4n) is 2.57. The molecule has 28 heavy (non-hydrogen) atoms. The molecule has 1 unspecified atom stereocenters. The van der Waals surface area contributed by atoms with Crippen molar-refractivity contribution < 1.29 is 14.0 Å². The predicted molar refractivity (Wildman–Crippen MR) is 102 cm³/mol. The fraction of sp³-hybridized carbons (Fsp3) is 0.278. The minimum Gasteiger partial charge on any atom is -0.335 e. The summed E-state index contributed by atoms with van der Waals surface area (Å²) < 4.78 is 14.7. The van der Waals surface area contributed by atoms with E-state index in [-0.39, 0.29) is 11.9 Å². The van der Waals surface area contributed by atoms with Crippen LogP contribution in [0.15, 0.2) is 41.8 Å². The summed E-state index contributed by atoms with van der Waals surface area (Å²) >= 11 is 1.21. The lowest BCUT2D eigenvalue weighted by Crippen LogP contribution is -2.43. The highest BCUT2D eigenvalue weighted by atomic mass is 32.2. The Labute approximate surface area is 163 Å². The number of halogens is 1. The zero-order chi connectivity index (χ0) is 19.7. The molecule has 1 atom stereocenters. The Kier molecular flexibility index (Phi) is 4.95. The molecule has 1 aliphatic rings. The topological polar surface area (TPSA) is 102 Å². The van der Waals surface area contributed by atoms with Crippen LogP contribution in [0, 0.1) is 5.82 Å². The first-order valence-electron chi connectivity index (χ1n) is 8.74. The van der Waals surface area contributed by atoms with E-state index >= 15 is 0 Å². The minimum absolute atomic E-state index is 0.176. The average Bonchev–Trinajstić information content (AvgIpc) is 3.37. The normalized spacial score (nSPS) is 14.6. The molecule has 144 valence electrons. The molecule has 10 heteroatoms. The van der Waals surface area contributed by atoms with Crippen molar-refractivity contribution in [1.29, 1.82) is 0 Å². The van der Waals surface area contributed by atoms with Crippen molar-refractivity contribution in [1.82, 2.24) is 30.4 Å². The highest BCUT2D eigenvalue weighted by molar-refractivity contribution is 8.00. The van der Waals surface area contributed by atoms with E-state index in [1.165, 1.54) is 30.2 Å². The van der Waals surface area contributed by atoms with Crippen molar-refractivity contribution in [2.45, 2.75) is 36.1 Å². The molecule has 2 heterocycles. The number of hydrogen-bond acceptors (Lipinski definition) is 6. The first-order valence-corrected chi connectivity index (χ1v) is 9.62. The quantitative estimate of drug-likeness (QED) is 0.504. The molecule has 3 amide bonds. The zero-order valence-electron chi connectivity index (χ0n) is 14.9. The summed E-state index contributed by atoms with van der Waals surface area (Å²) in [5, 5.41) is 10.1. The second kappa shape index (κ2) is 7.55. The van der Waals surface area contributed by atoms with Crippen LogP contribution in [0.1, 0.15) is 19.8 Å². The van der Waals surface area contributed by atoms with Crippen LogP contribution in [0.3, 0.4) is 0 Å². The molecule has 3 aromatic rings. The Morgan fingerprint density at radius 3 is 2.71 bits per heavy atom. The van der Waals surface area contributed by atoms with Crippen molar-refractivity contribution >= 4 is 34.7 Å². The first kappa shape index (κ1) is 18.4. The smallest absolute Gasteiger partial charge is 0.321 e. The molecule has 2 aromatic heterocycles. The van der Waals surface area contributed by atoms with Crippen molar-refractivity contribution in [3.63, 3.8) is 0 Å². The van der Waals surface area contributed by atoms with Gasteiger partial charge in [-0.3, -0.25) is 10.1 Å². The molecular formula is C18H17FN6O2S. The van der Waals surface area contributed by atoms with Gasteiger partial charge in [0.25, 0.3) is 0 Å². The molecule has 0 aliphatic heterocycles. The van der Waals surface area contributed by atoms with Gasteiger partial charge in [0.1, 0.15) is 17.2 Å². The number of aromatic nitrogens is 4. The zero-order valence-corrected chi connectivity index (χ0v) is 15.7. The maximum absolute atomic E-state index is 13.2. The third-order valence-electron chi connectivity index (χ3n) is 4.21. The van der Waals surface area contributed by atoms with Crippen LogP contribution in [-0.2, 0) is 4.79 Å². The standard InChI is InChI=1S/C18H17FN6O2S/c1-10(16(26)24-18(27)23-12-4-5-12)28-17-14-8-22-25(15(14)20-9-21-17)13-6-2-11(19)3-7-13/h2-3,6-10,12H,4-5H2,1H3,(H2,23,24,26,27). The molecule has 0 bridgehead atoms. The molecule has 8 nitrogen and oxygen atoms in total. The minimum atomic E-state index is -0.544. The molecule has 0 spiro atoms. The van der Waals surface area contributed by atoms with Gasteiger partial charge in [-0.1, -0.05) is 11.8 Å². The Hall–Kier alpha value is -3.01. The fourth-order valence-corrected chi connectivity index (χ4v) is 3.45. The molecule has 2 N–H and O–H groups in total. The molecular weight excluding hydrogens is 383 g/mol. The number of urea groups is 1. The highest BCUT2D eigenvalue weighted by Crippen LogP contribution is 2.29. The predicted octanol–water partition coefficient (Wildman–Crippen LogP) is 2.42. The van der Waals surface area contributed by atoms with Crippen LogP contribution in [0.25, 0.3) is 16.7 Å². The first-order chi connectivity index (χ1) is 13.5. The van der Waals surface area contributed by atoms with E-state index in [1.807, 2.05) is 0 Å². The number of carbonyl (C=O) groups is 2. The van der Waals surface area contributed by atoms with Gasteiger partial charge in [-0.2, -0.15) is 5.10 Å². The van der Waals surface area contributed by atoms with Gasteiger partial charge in [0.05, 0.1) is 22.5 Å². The van der Waals surface area contributed by atoms with Crippen molar-refractivity contribution in [2.75, 3.05) is 0 Å². The Morgan fingerprint density at radius 2 is 2.00 bits per heavy atom. The van der Waals surface area contributed by atoms with Crippen LogP contribution in [0.4, 0.5) is 9.18 Å². The molecule has 4 rings (SSSR count). The number of hydrogen-bond donors (Lipinski definition) is 2. The van der Waals surface area contributed by atoms with Crippen LogP contribution < -0.4 is 10.6 Å². The molecule has 0 saturated heterocycles. The summed E-state index contributed by atoms with van der Waals surface area (Å²) in [6, 6.07) is 5.60. The molecule has 1 fully saturated rings. The van der Waals surface area contributed by atoms with Crippen molar-refractivity contribution in [3.8, 4) is 5.69 Å². The van der Waals surface area contributed by atoms with Crippen LogP contribution >= 0.6 is 11.8 Å². The monoisotopic (exact) mass is 400 g/mol. The van der Waals surface area contributed by atoms with Gasteiger partial charge in [0.2, 0.25) is 5.91 Å². The molecule has 1 aliphatic carbocycles. The second-order valence-electron chi connectivity index (χ2n) is 6.45. The van der Waals surface area contributed by atoms with Gasteiger partial charge >= 0.3 is 6.03 Å². The van der Waals surface area contributed by atoms with Crippen molar-refractivity contribution in [3.05, 3.63) is 42.6 Å². The lowest BCUT2D eigenvalue weighted by molar-refractivity contribution is -0.119. The van der Waals surface area contributed by atoms with Gasteiger partial charge in [-0.25, -0.2) is 23.8 Å². The van der Waals surface area contributed by atoms with Gasteiger partial charge in [0.15, 0.2) is 5.65 Å². The maximum atomic E-state index is 13.2. The van der Waals surface area contributed by atoms with Gasteiger partial charge in [-0.15, -0.1) is 0 Å². The number of thioether (sulfide) groups is 1. The number of rotatable bonds is 5. The van der Waals surface area contributed by atoms with E-state index < -0.39 is 17.2 Å². The lowest BCUT2D eigenvalue weighted by Gasteiger charge is -2.11. The van der Waals surface area contributed by atoms with E-state index in [2.05, 4.69) is 25.7 Å². The van der Waals surface area contributed by atoms with E-state index in [0.717, 1.165) is 12.8 Å². The summed E-state index contributed by atoms with van der Waals surface area (Å²) in [4.78, 5) is 32.5. The second-order valence-corrected chi connectivity index (χ2v) is 7.78. The number of amides is 3. The van der Waals surface area contributed by atoms with E-state index in [1.54, 1.807) is 29.9 Å². The summed E-state index contributed by atoms with van der Waals surface area (Å²) in [6.45, 7) is 1.70. The maximum Gasteiger partial charge on any atom is 0.321 e. The molecule has 1 saturated carbocycles. The van der Waals surface area contributed by atoms with Gasteiger partial charge in [-0.05, 0) is 44.0 Å². The number of nitrogens with zero attached hydrogens (tertiary/aromatic N) is 4. The summed E-state index contributed by atoms with van der Waals surface area (Å²) in [7, 11) is 0. The summed E-state index contributed by atoms with van der Waals surface area (Å²) in [6.07, 6.45) is 4.88. The summed E-state index contributed by atoms with van der Waals surface area (Å²) in [5.41, 5.74) is 1.21. The number of fused-ring (bicyclic) bond motifs is 1. The number of nitrogens with one attached hydrogen (secondary N) is 2. The number of carbonyl (C=O) groups excluding carboxylic acids is 2. The Morgan fingerprint density at radius 1 is 1.25 bits per heavy atom. The van der Waals surface area contributed by atoms with E-state index in [4.69, 9.17) is 0 Å². The van der Waals surface area contributed by atoms with Crippen LogP contribution in [0.5, 0.6) is 0 Å². The molecule has 1 aromatic carbocycles. The van der Waals surface area contributed by atoms with E-state index in [0.29, 0.717) is 21.7 Å². The van der Waals surface area contributed by atoms with Gasteiger partial charge in [0, 0.05) is 6.04 Å². The lowest BCUT2D eigenvalue weighted by atomic mass is 10.3. The van der Waals surface area contributed by atoms with Crippen LogP contribution in [-0.4, -0.2) is 43.0 Å². The highest BCUT2D eigenvalue weighted by Gasteiger charge is 2.25. The van der Waals surface area contributed by atoms with Crippen LogP contribution in [0.2, 0.25) is 0 Å². The largest absolute Gasteiger partial charge is 0.335 e. The van der Waals surface area contributed by atoms with Crippen molar-refractivity contribution in [2.24, 2.45) is 0 Å². The Bertz CT molecular complexity index is 1030. The number of benzene rings is 1. The molecule has 0 radical (unpaired) electrons. The van der Waals surface area contributed by atoms with E-state index in [9.17, 15) is 14.0 Å². The summed E-state index contributed by atoms with van der Waals surface area (Å²) in [5.74, 6) is -0.738. The third kappa shape index (κ3) is 3.96. The number of imide groups is 1. The SMILES string of the molecule is CC(Sc1ncnc2c1cnn2-c1ccc(F)cc1)C(=O)NC(=O)NC1CC1. The average molecular weight is 400 g/mol.